The van der Waals surface area contributed by atoms with Crippen LogP contribution in [0.2, 0.25) is 5.02 Å². The van der Waals surface area contributed by atoms with Crippen molar-refractivity contribution in [2.24, 2.45) is 10.1 Å². The summed E-state index contributed by atoms with van der Waals surface area (Å²) in [4.78, 5) is 29.7. The molecule has 0 spiro atoms. The Labute approximate surface area is 223 Å². The maximum Gasteiger partial charge on any atom is 0.262 e. The molecule has 2 aliphatic rings. The number of amidine groups is 1. The van der Waals surface area contributed by atoms with Gasteiger partial charge < -0.3 is 5.32 Å². The summed E-state index contributed by atoms with van der Waals surface area (Å²) in [6.07, 6.45) is 0.578. The number of carbonyl (C=O) groups is 2. The summed E-state index contributed by atoms with van der Waals surface area (Å²) in [5, 5.41) is 9.81. The maximum absolute atomic E-state index is 13.5. The maximum atomic E-state index is 13.5. The standard InChI is InChI=1S/C28H24ClFN4O2S/c1-16-3-5-18(6-4-16)23-14-24(19-7-9-20(29)10-8-19)34(33-23)28-32-27(36)25(37-28)15-26(35)31-21-11-12-22(30)17(2)13-21/h3-13,24-25H,14-15H2,1-2H3,(H,31,35)/t24-,25-/m0/s1. The first-order valence-corrected chi connectivity index (χ1v) is 13.1. The van der Waals surface area contributed by atoms with Gasteiger partial charge in [0.05, 0.1) is 11.8 Å². The molecule has 2 heterocycles. The van der Waals surface area contributed by atoms with E-state index in [2.05, 4.69) is 10.3 Å². The summed E-state index contributed by atoms with van der Waals surface area (Å²) in [5.74, 6) is -1.06. The predicted molar refractivity (Wildman–Crippen MR) is 147 cm³/mol. The molecule has 0 radical (unpaired) electrons. The van der Waals surface area contributed by atoms with Gasteiger partial charge in [0.2, 0.25) is 5.91 Å². The molecule has 0 bridgehead atoms. The highest BCUT2D eigenvalue weighted by Gasteiger charge is 2.39. The SMILES string of the molecule is Cc1ccc(C2=NN(C3=NC(=O)[C@H](CC(=O)Nc4ccc(F)c(C)c4)S3)[C@H](c3ccc(Cl)cc3)C2)cc1. The number of nitrogens with one attached hydrogen (secondary N) is 1. The largest absolute Gasteiger partial charge is 0.326 e. The number of thioether (sulfide) groups is 1. The van der Waals surface area contributed by atoms with E-state index in [9.17, 15) is 14.0 Å². The van der Waals surface area contributed by atoms with Crippen molar-refractivity contribution in [3.63, 3.8) is 0 Å². The topological polar surface area (TPSA) is 74.1 Å². The number of aliphatic imine (C=N–C) groups is 1. The Balaban J connectivity index is 1.34. The number of carbonyl (C=O) groups excluding carboxylic acids is 2. The second-order valence-corrected chi connectivity index (χ2v) is 10.7. The van der Waals surface area contributed by atoms with Gasteiger partial charge in [-0.25, -0.2) is 9.40 Å². The molecule has 1 N–H and O–H groups in total. The van der Waals surface area contributed by atoms with E-state index in [4.69, 9.17) is 16.7 Å². The fourth-order valence-corrected chi connectivity index (χ4v) is 5.45. The quantitative estimate of drug-likeness (QED) is 0.418. The minimum atomic E-state index is -0.666. The summed E-state index contributed by atoms with van der Waals surface area (Å²) < 4.78 is 13.5. The van der Waals surface area contributed by atoms with Crippen LogP contribution in [0.15, 0.2) is 76.8 Å². The van der Waals surface area contributed by atoms with Crippen LogP contribution < -0.4 is 5.32 Å². The van der Waals surface area contributed by atoms with Gasteiger partial charge in [-0.3, -0.25) is 9.59 Å². The predicted octanol–water partition coefficient (Wildman–Crippen LogP) is 6.27. The number of hydrogen-bond donors (Lipinski definition) is 1. The van der Waals surface area contributed by atoms with Crippen molar-refractivity contribution in [3.05, 3.63) is 99.8 Å². The summed E-state index contributed by atoms with van der Waals surface area (Å²) in [7, 11) is 0. The van der Waals surface area contributed by atoms with E-state index in [0.29, 0.717) is 27.9 Å². The van der Waals surface area contributed by atoms with Gasteiger partial charge in [-0.1, -0.05) is 65.3 Å². The fraction of sp³-hybridized carbons (Fsp3) is 0.214. The van der Waals surface area contributed by atoms with E-state index >= 15 is 0 Å². The van der Waals surface area contributed by atoms with Crippen molar-refractivity contribution in [2.45, 2.75) is 38.0 Å². The molecule has 2 amide bonds. The summed E-state index contributed by atoms with van der Waals surface area (Å²) in [6.45, 7) is 3.66. The molecule has 0 saturated carbocycles. The minimum Gasteiger partial charge on any atom is -0.326 e. The lowest BCUT2D eigenvalue weighted by atomic mass is 9.98. The van der Waals surface area contributed by atoms with E-state index in [1.807, 2.05) is 55.5 Å². The summed E-state index contributed by atoms with van der Waals surface area (Å²) in [6, 6.07) is 19.9. The van der Waals surface area contributed by atoms with E-state index in [0.717, 1.165) is 22.4 Å². The Morgan fingerprint density at radius 1 is 1.11 bits per heavy atom. The molecule has 6 nitrogen and oxygen atoms in total. The molecule has 3 aromatic carbocycles. The van der Waals surface area contributed by atoms with Crippen LogP contribution in [0.5, 0.6) is 0 Å². The molecule has 188 valence electrons. The Morgan fingerprint density at radius 2 is 1.84 bits per heavy atom. The van der Waals surface area contributed by atoms with Gasteiger partial charge in [0.15, 0.2) is 5.17 Å². The Hall–Kier alpha value is -3.49. The van der Waals surface area contributed by atoms with Gasteiger partial charge in [-0.05, 0) is 60.9 Å². The number of hydrogen-bond acceptors (Lipinski definition) is 5. The van der Waals surface area contributed by atoms with Crippen LogP contribution in [0.4, 0.5) is 10.1 Å². The zero-order valence-electron chi connectivity index (χ0n) is 20.2. The number of aryl methyl sites for hydroxylation is 2. The molecule has 0 fully saturated rings. The van der Waals surface area contributed by atoms with Crippen LogP contribution in [0.1, 0.15) is 41.1 Å². The molecule has 0 unspecified atom stereocenters. The number of amides is 2. The zero-order chi connectivity index (χ0) is 26.1. The number of anilines is 1. The highest BCUT2D eigenvalue weighted by Crippen LogP contribution is 2.39. The van der Waals surface area contributed by atoms with Crippen LogP contribution in [-0.2, 0) is 9.59 Å². The molecular formula is C28H24ClFN4O2S. The average molecular weight is 535 g/mol. The van der Waals surface area contributed by atoms with E-state index < -0.39 is 5.25 Å². The number of benzene rings is 3. The van der Waals surface area contributed by atoms with Crippen molar-refractivity contribution >= 4 is 51.7 Å². The van der Waals surface area contributed by atoms with Gasteiger partial charge >= 0.3 is 0 Å². The Bertz CT molecular complexity index is 1420. The first-order valence-electron chi connectivity index (χ1n) is 11.8. The summed E-state index contributed by atoms with van der Waals surface area (Å²) >= 11 is 7.35. The Kier molecular flexibility index (Phi) is 7.13. The molecular weight excluding hydrogens is 511 g/mol. The third kappa shape index (κ3) is 5.60. The minimum absolute atomic E-state index is 0.0547. The molecule has 3 aromatic rings. The van der Waals surface area contributed by atoms with Gasteiger partial charge in [-0.15, -0.1) is 0 Å². The third-order valence-electron chi connectivity index (χ3n) is 6.29. The van der Waals surface area contributed by atoms with Crippen LogP contribution in [0.25, 0.3) is 0 Å². The molecule has 9 heteroatoms. The average Bonchev–Trinajstić information content (AvgIpc) is 3.46. The van der Waals surface area contributed by atoms with E-state index in [-0.39, 0.29) is 30.1 Å². The first-order chi connectivity index (χ1) is 17.8. The fourth-order valence-electron chi connectivity index (χ4n) is 4.26. The van der Waals surface area contributed by atoms with Gasteiger partial charge in [0.25, 0.3) is 5.91 Å². The second-order valence-electron chi connectivity index (χ2n) is 9.08. The number of nitrogens with zero attached hydrogens (tertiary/aromatic N) is 3. The highest BCUT2D eigenvalue weighted by molar-refractivity contribution is 8.15. The van der Waals surface area contributed by atoms with Crippen LogP contribution in [0.3, 0.4) is 0 Å². The number of rotatable bonds is 5. The molecule has 0 saturated heterocycles. The molecule has 0 aromatic heterocycles. The lowest BCUT2D eigenvalue weighted by Crippen LogP contribution is -2.25. The van der Waals surface area contributed by atoms with Gasteiger partial charge in [0.1, 0.15) is 11.1 Å². The lowest BCUT2D eigenvalue weighted by molar-refractivity contribution is -0.121. The normalized spacial score (nSPS) is 19.1. The lowest BCUT2D eigenvalue weighted by Gasteiger charge is -2.23. The zero-order valence-corrected chi connectivity index (χ0v) is 21.8. The van der Waals surface area contributed by atoms with Crippen LogP contribution >= 0.6 is 23.4 Å². The smallest absolute Gasteiger partial charge is 0.262 e. The van der Waals surface area contributed by atoms with Crippen molar-refractivity contribution in [2.75, 3.05) is 5.32 Å². The molecule has 2 atom stereocenters. The molecule has 37 heavy (non-hydrogen) atoms. The number of hydrazone groups is 1. The highest BCUT2D eigenvalue weighted by atomic mass is 35.5. The van der Waals surface area contributed by atoms with Crippen molar-refractivity contribution in [3.8, 4) is 0 Å². The van der Waals surface area contributed by atoms with Crippen molar-refractivity contribution < 1.29 is 14.0 Å². The number of halogens is 2. The molecule has 5 rings (SSSR count). The molecule has 0 aliphatic carbocycles. The van der Waals surface area contributed by atoms with Crippen molar-refractivity contribution in [1.29, 1.82) is 0 Å². The first kappa shape index (κ1) is 25.2. The summed E-state index contributed by atoms with van der Waals surface area (Å²) in [5.41, 5.74) is 4.97. The molecule has 2 aliphatic heterocycles. The van der Waals surface area contributed by atoms with Crippen LogP contribution in [-0.4, -0.2) is 33.0 Å². The van der Waals surface area contributed by atoms with Gasteiger partial charge in [0, 0.05) is 23.6 Å². The van der Waals surface area contributed by atoms with Crippen LogP contribution in [0, 0.1) is 19.7 Å². The Morgan fingerprint density at radius 3 is 2.54 bits per heavy atom. The monoisotopic (exact) mass is 534 g/mol. The van der Waals surface area contributed by atoms with Crippen molar-refractivity contribution in [1.82, 2.24) is 5.01 Å². The second kappa shape index (κ2) is 10.5. The van der Waals surface area contributed by atoms with E-state index in [1.54, 1.807) is 18.0 Å². The third-order valence-corrected chi connectivity index (χ3v) is 7.68. The van der Waals surface area contributed by atoms with E-state index in [1.165, 1.54) is 23.9 Å². The van der Waals surface area contributed by atoms with Gasteiger partial charge in [-0.2, -0.15) is 10.1 Å².